The first-order chi connectivity index (χ1) is 15.3. The fourth-order valence-electron chi connectivity index (χ4n) is 3.25. The van der Waals surface area contributed by atoms with Crippen molar-refractivity contribution in [2.75, 3.05) is 30.8 Å². The third-order valence-electron chi connectivity index (χ3n) is 4.88. The molecule has 174 valence electrons. The largest absolute Gasteiger partial charge is 0.465 e. The topological polar surface area (TPSA) is 119 Å². The molecule has 1 aliphatic rings. The highest BCUT2D eigenvalue weighted by Crippen LogP contribution is 2.27. The van der Waals surface area contributed by atoms with Crippen molar-refractivity contribution in [3.63, 3.8) is 0 Å². The number of carbonyl (C=O) groups excluding carboxylic acids is 2. The molecule has 0 spiro atoms. The minimum atomic E-state index is -3.68. The Kier molecular flexibility index (Phi) is 8.63. The molecular weight excluding hydrogens is 472 g/mol. The summed E-state index contributed by atoms with van der Waals surface area (Å²) in [5.74, 6) is -0.724. The molecule has 2 heterocycles. The zero-order valence-corrected chi connectivity index (χ0v) is 20.4. The number of ether oxygens (including phenoxy) is 1. The van der Waals surface area contributed by atoms with Crippen molar-refractivity contribution in [1.29, 1.82) is 0 Å². The third kappa shape index (κ3) is 6.27. The zero-order valence-electron chi connectivity index (χ0n) is 18.0. The van der Waals surface area contributed by atoms with Crippen molar-refractivity contribution >= 4 is 50.1 Å². The maximum atomic E-state index is 13.2. The first kappa shape index (κ1) is 24.6. The van der Waals surface area contributed by atoms with E-state index in [9.17, 15) is 18.0 Å². The predicted octanol–water partition coefficient (Wildman–Crippen LogP) is 3.32. The SMILES string of the molecule is CCOC(=O)CSc1nnc(NC(=O)c2ccc(C)c(S(=O)(=O)N3CCCCCC3)c2)s1. The fourth-order valence-corrected chi connectivity index (χ4v) is 6.56. The van der Waals surface area contributed by atoms with Gasteiger partial charge in [-0.3, -0.25) is 14.9 Å². The fraction of sp³-hybridized carbons (Fsp3) is 0.500. The van der Waals surface area contributed by atoms with Crippen LogP contribution in [0.2, 0.25) is 0 Å². The summed E-state index contributed by atoms with van der Waals surface area (Å²) in [5.41, 5.74) is 0.819. The molecular formula is C20H26N4O5S3. The molecule has 0 saturated carbocycles. The highest BCUT2D eigenvalue weighted by atomic mass is 32.2. The van der Waals surface area contributed by atoms with E-state index in [1.807, 2.05) is 0 Å². The molecule has 2 aromatic rings. The number of hydrogen-bond donors (Lipinski definition) is 1. The quantitative estimate of drug-likeness (QED) is 0.334. The second-order valence-electron chi connectivity index (χ2n) is 7.22. The van der Waals surface area contributed by atoms with E-state index in [0.717, 1.165) is 37.0 Å². The van der Waals surface area contributed by atoms with E-state index in [0.29, 0.717) is 29.6 Å². The smallest absolute Gasteiger partial charge is 0.316 e. The molecule has 1 aliphatic heterocycles. The lowest BCUT2D eigenvalue weighted by atomic mass is 10.1. The number of sulfonamides is 1. The minimum absolute atomic E-state index is 0.103. The molecule has 0 aliphatic carbocycles. The van der Waals surface area contributed by atoms with Gasteiger partial charge in [-0.25, -0.2) is 8.42 Å². The second kappa shape index (κ2) is 11.2. The molecule has 12 heteroatoms. The van der Waals surface area contributed by atoms with Crippen LogP contribution in [0.25, 0.3) is 0 Å². The van der Waals surface area contributed by atoms with E-state index in [2.05, 4.69) is 15.5 Å². The monoisotopic (exact) mass is 498 g/mol. The summed E-state index contributed by atoms with van der Waals surface area (Å²) >= 11 is 2.30. The Morgan fingerprint density at radius 2 is 1.91 bits per heavy atom. The summed E-state index contributed by atoms with van der Waals surface area (Å²) in [6, 6.07) is 4.65. The summed E-state index contributed by atoms with van der Waals surface area (Å²) in [5, 5.41) is 10.8. The van der Waals surface area contributed by atoms with Gasteiger partial charge in [0.25, 0.3) is 5.91 Å². The predicted molar refractivity (Wildman–Crippen MR) is 124 cm³/mol. The average Bonchev–Trinajstić information content (AvgIpc) is 3.02. The second-order valence-corrected chi connectivity index (χ2v) is 11.3. The van der Waals surface area contributed by atoms with Gasteiger partial charge in [0.2, 0.25) is 15.2 Å². The molecule has 32 heavy (non-hydrogen) atoms. The van der Waals surface area contributed by atoms with E-state index >= 15 is 0 Å². The van der Waals surface area contributed by atoms with E-state index in [4.69, 9.17) is 4.74 Å². The summed E-state index contributed by atoms with van der Waals surface area (Å²) in [4.78, 5) is 24.3. The lowest BCUT2D eigenvalue weighted by molar-refractivity contribution is -0.139. The highest BCUT2D eigenvalue weighted by Gasteiger charge is 2.27. The molecule has 0 radical (unpaired) electrons. The molecule has 9 nitrogen and oxygen atoms in total. The number of amides is 1. The Morgan fingerprint density at radius 1 is 1.19 bits per heavy atom. The Morgan fingerprint density at radius 3 is 2.59 bits per heavy atom. The van der Waals surface area contributed by atoms with Gasteiger partial charge >= 0.3 is 5.97 Å². The van der Waals surface area contributed by atoms with Gasteiger partial charge in [0.05, 0.1) is 17.3 Å². The number of anilines is 1. The number of nitrogens with one attached hydrogen (secondary N) is 1. The Hall–Kier alpha value is -2.02. The average molecular weight is 499 g/mol. The molecule has 3 rings (SSSR count). The van der Waals surface area contributed by atoms with Gasteiger partial charge in [0.1, 0.15) is 0 Å². The van der Waals surface area contributed by atoms with Crippen molar-refractivity contribution in [2.45, 2.75) is 48.8 Å². The summed E-state index contributed by atoms with van der Waals surface area (Å²) < 4.78 is 33.3. The molecule has 0 bridgehead atoms. The van der Waals surface area contributed by atoms with Gasteiger partial charge < -0.3 is 4.74 Å². The minimum Gasteiger partial charge on any atom is -0.465 e. The highest BCUT2D eigenvalue weighted by molar-refractivity contribution is 8.01. The molecule has 0 unspecified atom stereocenters. The van der Waals surface area contributed by atoms with E-state index in [1.54, 1.807) is 26.0 Å². The van der Waals surface area contributed by atoms with Crippen LogP contribution in [0.5, 0.6) is 0 Å². The van der Waals surface area contributed by atoms with E-state index in [1.165, 1.54) is 22.1 Å². The van der Waals surface area contributed by atoms with Crippen LogP contribution in [-0.4, -0.2) is 60.2 Å². The normalized spacial score (nSPS) is 15.2. The number of nitrogens with zero attached hydrogens (tertiary/aromatic N) is 3. The van der Waals surface area contributed by atoms with Crippen molar-refractivity contribution in [3.8, 4) is 0 Å². The maximum Gasteiger partial charge on any atom is 0.316 e. The van der Waals surface area contributed by atoms with Crippen LogP contribution < -0.4 is 5.32 Å². The first-order valence-electron chi connectivity index (χ1n) is 10.4. The van der Waals surface area contributed by atoms with Crippen molar-refractivity contribution < 1.29 is 22.7 Å². The van der Waals surface area contributed by atoms with Crippen LogP contribution in [0.15, 0.2) is 27.4 Å². The molecule has 1 fully saturated rings. The van der Waals surface area contributed by atoms with Crippen molar-refractivity contribution in [1.82, 2.24) is 14.5 Å². The molecule has 0 atom stereocenters. The standard InChI is InChI=1S/C20H26N4O5S3/c1-3-29-17(25)13-30-20-23-22-19(31-20)21-18(26)15-9-8-14(2)16(12-15)32(27,28)24-10-6-4-5-7-11-24/h8-9,12H,3-7,10-11,13H2,1-2H3,(H,21,22,26). The number of aryl methyl sites for hydroxylation is 1. The number of esters is 1. The lowest BCUT2D eigenvalue weighted by Crippen LogP contribution is -2.32. The van der Waals surface area contributed by atoms with Gasteiger partial charge in [-0.1, -0.05) is 42.0 Å². The number of hydrogen-bond acceptors (Lipinski definition) is 9. The van der Waals surface area contributed by atoms with Gasteiger partial charge in [-0.2, -0.15) is 4.31 Å². The molecule has 1 aromatic heterocycles. The number of aromatic nitrogens is 2. The number of benzene rings is 1. The summed E-state index contributed by atoms with van der Waals surface area (Å²) in [6.07, 6.45) is 3.72. The first-order valence-corrected chi connectivity index (χ1v) is 13.6. The van der Waals surface area contributed by atoms with Gasteiger partial charge in [-0.05, 0) is 44.4 Å². The number of rotatable bonds is 8. The van der Waals surface area contributed by atoms with Crippen LogP contribution in [0.3, 0.4) is 0 Å². The summed E-state index contributed by atoms with van der Waals surface area (Å²) in [6.45, 7) is 4.76. The van der Waals surface area contributed by atoms with E-state index in [-0.39, 0.29) is 27.3 Å². The zero-order chi connectivity index (χ0) is 23.1. The van der Waals surface area contributed by atoms with Crippen LogP contribution in [0.4, 0.5) is 5.13 Å². The van der Waals surface area contributed by atoms with Crippen LogP contribution in [0.1, 0.15) is 48.5 Å². The maximum absolute atomic E-state index is 13.2. The van der Waals surface area contributed by atoms with Crippen LogP contribution in [-0.2, 0) is 19.6 Å². The van der Waals surface area contributed by atoms with Crippen LogP contribution in [0, 0.1) is 6.92 Å². The Labute approximate surface area is 196 Å². The number of thioether (sulfide) groups is 1. The van der Waals surface area contributed by atoms with E-state index < -0.39 is 15.9 Å². The Bertz CT molecular complexity index is 1060. The summed E-state index contributed by atoms with van der Waals surface area (Å²) in [7, 11) is -3.68. The molecule has 1 N–H and O–H groups in total. The number of carbonyl (C=O) groups is 2. The van der Waals surface area contributed by atoms with Crippen molar-refractivity contribution in [3.05, 3.63) is 29.3 Å². The van der Waals surface area contributed by atoms with Gasteiger partial charge in [0.15, 0.2) is 4.34 Å². The molecule has 1 amide bonds. The van der Waals surface area contributed by atoms with Gasteiger partial charge in [-0.15, -0.1) is 10.2 Å². The van der Waals surface area contributed by atoms with Crippen LogP contribution >= 0.6 is 23.1 Å². The van der Waals surface area contributed by atoms with Gasteiger partial charge in [0, 0.05) is 18.7 Å². The molecule has 1 aromatic carbocycles. The van der Waals surface area contributed by atoms with Crippen molar-refractivity contribution in [2.24, 2.45) is 0 Å². The third-order valence-corrected chi connectivity index (χ3v) is 8.87. The Balaban J connectivity index is 1.71. The lowest BCUT2D eigenvalue weighted by Gasteiger charge is -2.21. The molecule has 1 saturated heterocycles.